The Bertz CT molecular complexity index is 870. The highest BCUT2D eigenvalue weighted by Crippen LogP contribution is 2.21. The molecule has 0 aliphatic carbocycles. The number of primary amides is 1. The monoisotopic (exact) mass is 374 g/mol. The average Bonchev–Trinajstić information content (AvgIpc) is 2.72. The lowest BCUT2D eigenvalue weighted by Crippen LogP contribution is -2.33. The molecule has 0 aliphatic rings. The van der Waals surface area contributed by atoms with Gasteiger partial charge in [-0.25, -0.2) is 0 Å². The lowest BCUT2D eigenvalue weighted by molar-refractivity contribution is -0.123. The zero-order valence-corrected chi connectivity index (χ0v) is 15.4. The largest absolute Gasteiger partial charge is 0.484 e. The van der Waals surface area contributed by atoms with Crippen molar-refractivity contribution in [3.05, 3.63) is 102 Å². The molecule has 5 nitrogen and oxygen atoms in total. The summed E-state index contributed by atoms with van der Waals surface area (Å²) in [5.41, 5.74) is 7.98. The second-order valence-corrected chi connectivity index (χ2v) is 6.40. The standard InChI is InChI=1S/C23H22N2O3/c24-21(26)15-17-11-13-20(14-12-17)28-16-22(27)25-23(18-7-3-1-4-8-18)19-9-5-2-6-10-19/h1-14,23H,15-16H2,(H2,24,26)(H,25,27). The predicted octanol–water partition coefficient (Wildman–Crippen LogP) is 3.00. The molecule has 0 aromatic heterocycles. The van der Waals surface area contributed by atoms with Gasteiger partial charge in [-0.1, -0.05) is 72.8 Å². The van der Waals surface area contributed by atoms with Crippen LogP contribution in [0, 0.1) is 0 Å². The van der Waals surface area contributed by atoms with Crippen LogP contribution in [0.25, 0.3) is 0 Å². The molecule has 3 aromatic carbocycles. The smallest absolute Gasteiger partial charge is 0.258 e. The Morgan fingerprint density at radius 1 is 0.821 bits per heavy atom. The summed E-state index contributed by atoms with van der Waals surface area (Å²) < 4.78 is 5.57. The van der Waals surface area contributed by atoms with Crippen molar-refractivity contribution in [2.45, 2.75) is 12.5 Å². The highest BCUT2D eigenvalue weighted by Gasteiger charge is 2.16. The predicted molar refractivity (Wildman–Crippen MR) is 108 cm³/mol. The molecular weight excluding hydrogens is 352 g/mol. The van der Waals surface area contributed by atoms with E-state index in [4.69, 9.17) is 10.5 Å². The number of nitrogens with one attached hydrogen (secondary N) is 1. The highest BCUT2D eigenvalue weighted by molar-refractivity contribution is 5.78. The van der Waals surface area contributed by atoms with Gasteiger partial charge in [0.1, 0.15) is 5.75 Å². The van der Waals surface area contributed by atoms with Gasteiger partial charge in [-0.2, -0.15) is 0 Å². The molecular formula is C23H22N2O3. The molecule has 142 valence electrons. The SMILES string of the molecule is NC(=O)Cc1ccc(OCC(=O)NC(c2ccccc2)c2ccccc2)cc1. The molecule has 0 spiro atoms. The summed E-state index contributed by atoms with van der Waals surface area (Å²) in [6, 6.07) is 26.3. The number of hydrogen-bond donors (Lipinski definition) is 2. The van der Waals surface area contributed by atoms with E-state index in [9.17, 15) is 9.59 Å². The Morgan fingerprint density at radius 3 is 1.86 bits per heavy atom. The van der Waals surface area contributed by atoms with Gasteiger partial charge in [0.25, 0.3) is 5.91 Å². The molecule has 3 N–H and O–H groups in total. The maximum Gasteiger partial charge on any atom is 0.258 e. The summed E-state index contributed by atoms with van der Waals surface area (Å²) in [5, 5.41) is 3.03. The molecule has 3 aromatic rings. The van der Waals surface area contributed by atoms with E-state index in [1.54, 1.807) is 24.3 Å². The maximum absolute atomic E-state index is 12.5. The van der Waals surface area contributed by atoms with Crippen molar-refractivity contribution in [3.63, 3.8) is 0 Å². The molecule has 0 bridgehead atoms. The van der Waals surface area contributed by atoms with Crippen LogP contribution in [0.1, 0.15) is 22.7 Å². The molecule has 0 radical (unpaired) electrons. The molecule has 28 heavy (non-hydrogen) atoms. The van der Waals surface area contributed by atoms with Gasteiger partial charge in [0.05, 0.1) is 12.5 Å². The molecule has 0 fully saturated rings. The Hall–Kier alpha value is -3.60. The van der Waals surface area contributed by atoms with Crippen molar-refractivity contribution in [1.82, 2.24) is 5.32 Å². The Labute approximate surface area is 164 Å². The van der Waals surface area contributed by atoms with Gasteiger partial charge >= 0.3 is 0 Å². The lowest BCUT2D eigenvalue weighted by Gasteiger charge is -2.20. The summed E-state index contributed by atoms with van der Waals surface area (Å²) in [6.07, 6.45) is 0.177. The Balaban J connectivity index is 1.63. The molecule has 0 aliphatic heterocycles. The van der Waals surface area contributed by atoms with Gasteiger partial charge in [-0.05, 0) is 28.8 Å². The zero-order chi connectivity index (χ0) is 19.8. The van der Waals surface area contributed by atoms with Crippen LogP contribution in [0.15, 0.2) is 84.9 Å². The third kappa shape index (κ3) is 5.45. The van der Waals surface area contributed by atoms with Crippen LogP contribution in [0.2, 0.25) is 0 Å². The average molecular weight is 374 g/mol. The summed E-state index contributed by atoms with van der Waals surface area (Å²) in [4.78, 5) is 23.4. The van der Waals surface area contributed by atoms with E-state index >= 15 is 0 Å². The molecule has 5 heteroatoms. The first-order valence-electron chi connectivity index (χ1n) is 9.01. The van der Waals surface area contributed by atoms with Gasteiger partial charge < -0.3 is 15.8 Å². The van der Waals surface area contributed by atoms with E-state index in [0.717, 1.165) is 16.7 Å². The van der Waals surface area contributed by atoms with Gasteiger partial charge in [0.2, 0.25) is 5.91 Å². The molecule has 0 saturated carbocycles. The van der Waals surface area contributed by atoms with Gasteiger partial charge in [-0.3, -0.25) is 9.59 Å². The fourth-order valence-corrected chi connectivity index (χ4v) is 2.91. The minimum absolute atomic E-state index is 0.106. The van der Waals surface area contributed by atoms with Gasteiger partial charge in [-0.15, -0.1) is 0 Å². The number of nitrogens with two attached hydrogens (primary N) is 1. The van der Waals surface area contributed by atoms with Crippen molar-refractivity contribution in [1.29, 1.82) is 0 Å². The van der Waals surface area contributed by atoms with Crippen LogP contribution in [-0.2, 0) is 16.0 Å². The minimum atomic E-state index is -0.388. The van der Waals surface area contributed by atoms with E-state index in [0.29, 0.717) is 5.75 Å². The number of carbonyl (C=O) groups excluding carboxylic acids is 2. The summed E-state index contributed by atoms with van der Waals surface area (Å²) >= 11 is 0. The number of hydrogen-bond acceptors (Lipinski definition) is 3. The van der Waals surface area contributed by atoms with Crippen molar-refractivity contribution in [2.24, 2.45) is 5.73 Å². The van der Waals surface area contributed by atoms with Crippen LogP contribution >= 0.6 is 0 Å². The van der Waals surface area contributed by atoms with Gasteiger partial charge in [0.15, 0.2) is 6.61 Å². The Kier molecular flexibility index (Phi) is 6.41. The second-order valence-electron chi connectivity index (χ2n) is 6.40. The molecule has 3 rings (SSSR count). The van der Waals surface area contributed by atoms with Crippen LogP contribution in [0.4, 0.5) is 0 Å². The molecule has 2 amide bonds. The topological polar surface area (TPSA) is 81.4 Å². The van der Waals surface area contributed by atoms with Crippen molar-refractivity contribution in [3.8, 4) is 5.75 Å². The normalized spacial score (nSPS) is 10.5. The molecule has 0 atom stereocenters. The van der Waals surface area contributed by atoms with Crippen LogP contribution < -0.4 is 15.8 Å². The maximum atomic E-state index is 12.5. The molecule has 0 unspecified atom stereocenters. The summed E-state index contributed by atoms with van der Waals surface area (Å²) in [6.45, 7) is -0.106. The fourth-order valence-electron chi connectivity index (χ4n) is 2.91. The zero-order valence-electron chi connectivity index (χ0n) is 15.4. The first-order chi connectivity index (χ1) is 13.6. The number of amides is 2. The van der Waals surface area contributed by atoms with Crippen LogP contribution in [-0.4, -0.2) is 18.4 Å². The number of rotatable bonds is 8. The first-order valence-corrected chi connectivity index (χ1v) is 9.01. The summed E-state index contributed by atoms with van der Waals surface area (Å²) in [7, 11) is 0. The fraction of sp³-hybridized carbons (Fsp3) is 0.130. The van der Waals surface area contributed by atoms with E-state index < -0.39 is 0 Å². The van der Waals surface area contributed by atoms with Crippen LogP contribution in [0.3, 0.4) is 0 Å². The van der Waals surface area contributed by atoms with Gasteiger partial charge in [0, 0.05) is 0 Å². The lowest BCUT2D eigenvalue weighted by atomic mass is 9.99. The molecule has 0 saturated heterocycles. The minimum Gasteiger partial charge on any atom is -0.484 e. The van der Waals surface area contributed by atoms with E-state index in [1.807, 2.05) is 60.7 Å². The third-order valence-corrected chi connectivity index (χ3v) is 4.24. The third-order valence-electron chi connectivity index (χ3n) is 4.24. The second kappa shape index (κ2) is 9.37. The van der Waals surface area contributed by atoms with Crippen molar-refractivity contribution >= 4 is 11.8 Å². The quantitative estimate of drug-likeness (QED) is 0.636. The van der Waals surface area contributed by atoms with Crippen LogP contribution in [0.5, 0.6) is 5.75 Å². The number of benzene rings is 3. The van der Waals surface area contributed by atoms with E-state index in [1.165, 1.54) is 0 Å². The highest BCUT2D eigenvalue weighted by atomic mass is 16.5. The Morgan fingerprint density at radius 2 is 1.36 bits per heavy atom. The summed E-state index contributed by atoms with van der Waals surface area (Å²) in [5.74, 6) is -0.0563. The van der Waals surface area contributed by atoms with Crippen molar-refractivity contribution in [2.75, 3.05) is 6.61 Å². The first kappa shape index (κ1) is 19.2. The van der Waals surface area contributed by atoms with Crippen molar-refractivity contribution < 1.29 is 14.3 Å². The molecule has 0 heterocycles. The number of carbonyl (C=O) groups is 2. The van der Waals surface area contributed by atoms with E-state index in [2.05, 4.69) is 5.32 Å². The number of ether oxygens (including phenoxy) is 1. The van der Waals surface area contributed by atoms with E-state index in [-0.39, 0.29) is 30.9 Å².